The number of benzene rings is 2. The number of hydrogen-bond acceptors (Lipinski definition) is 3. The van der Waals surface area contributed by atoms with Gasteiger partial charge in [-0.05, 0) is 66.8 Å². The number of hydrogen-bond donors (Lipinski definition) is 1. The molecular formula is C30H32F2N3O2+. The first-order valence-electron chi connectivity index (χ1n) is 12.9. The molecule has 1 N–H and O–H groups in total. The van der Waals surface area contributed by atoms with Crippen molar-refractivity contribution in [2.45, 2.75) is 31.2 Å². The Kier molecular flexibility index (Phi) is 6.90. The molecule has 2 saturated heterocycles. The molecule has 5 rings (SSSR count). The fourth-order valence-electron chi connectivity index (χ4n) is 6.15. The van der Waals surface area contributed by atoms with Crippen molar-refractivity contribution < 1.29 is 22.9 Å². The van der Waals surface area contributed by atoms with Crippen LogP contribution in [0.5, 0.6) is 0 Å². The van der Waals surface area contributed by atoms with Crippen LogP contribution in [0.1, 0.15) is 47.3 Å². The number of aromatic nitrogens is 1. The maximum absolute atomic E-state index is 13.7. The van der Waals surface area contributed by atoms with Crippen LogP contribution in [-0.4, -0.2) is 47.8 Å². The van der Waals surface area contributed by atoms with Crippen molar-refractivity contribution in [1.29, 1.82) is 0 Å². The first-order chi connectivity index (χ1) is 17.8. The van der Waals surface area contributed by atoms with Crippen LogP contribution in [0.4, 0.5) is 8.78 Å². The molecule has 0 spiro atoms. The van der Waals surface area contributed by atoms with Crippen molar-refractivity contribution in [2.24, 2.45) is 11.8 Å². The van der Waals surface area contributed by atoms with Crippen LogP contribution >= 0.6 is 0 Å². The Morgan fingerprint density at radius 3 is 2.24 bits per heavy atom. The number of carbonyl (C=O) groups is 2. The van der Waals surface area contributed by atoms with Crippen LogP contribution < -0.4 is 5.32 Å². The number of amides is 1. The van der Waals surface area contributed by atoms with E-state index in [2.05, 4.69) is 17.3 Å². The molecule has 37 heavy (non-hydrogen) atoms. The van der Waals surface area contributed by atoms with Gasteiger partial charge in [0.1, 0.15) is 23.9 Å². The Bertz CT molecular complexity index is 1220. The second kappa shape index (κ2) is 10.1. The molecule has 2 fully saturated rings. The summed E-state index contributed by atoms with van der Waals surface area (Å²) in [5.41, 5.74) is 1.26. The Labute approximate surface area is 216 Å². The van der Waals surface area contributed by atoms with Crippen molar-refractivity contribution in [3.05, 3.63) is 101 Å². The number of halogens is 2. The first-order valence-corrected chi connectivity index (χ1v) is 12.9. The minimum Gasteiger partial charge on any atom is -0.342 e. The molecule has 7 heteroatoms. The highest BCUT2D eigenvalue weighted by Crippen LogP contribution is 2.43. The number of ketones is 1. The second-order valence-corrected chi connectivity index (χ2v) is 10.9. The number of Topliss-reactive ketones (excluding diaryl/α,β-unsaturated/α-hetero) is 1. The molecule has 0 saturated carbocycles. The molecule has 3 atom stereocenters. The van der Waals surface area contributed by atoms with Gasteiger partial charge in [-0.1, -0.05) is 30.3 Å². The lowest BCUT2D eigenvalue weighted by Crippen LogP contribution is -2.45. The van der Waals surface area contributed by atoms with Gasteiger partial charge in [-0.15, -0.1) is 0 Å². The summed E-state index contributed by atoms with van der Waals surface area (Å²) in [6, 6.07) is 17.7. The lowest BCUT2D eigenvalue weighted by atomic mass is 9.78. The first kappa shape index (κ1) is 25.2. The topological polar surface area (TPSA) is 59.1 Å². The van der Waals surface area contributed by atoms with E-state index < -0.39 is 5.54 Å². The SMILES string of the molecule is C[N+]1(CC(=O)c2ccccn2)CC[C@@H](CCC2CC(c3ccc(F)cc3)(c3ccc(F)cc3)NC2=O)C1. The number of rotatable bonds is 8. The molecule has 3 aromatic rings. The highest BCUT2D eigenvalue weighted by molar-refractivity contribution is 5.95. The fourth-order valence-corrected chi connectivity index (χ4v) is 6.15. The normalized spacial score (nSPS) is 24.7. The summed E-state index contributed by atoms with van der Waals surface area (Å²) >= 11 is 0. The van der Waals surface area contributed by atoms with Crippen molar-refractivity contribution in [3.63, 3.8) is 0 Å². The molecule has 2 unspecified atom stereocenters. The predicted octanol–water partition coefficient (Wildman–Crippen LogP) is 4.87. The summed E-state index contributed by atoms with van der Waals surface area (Å²) in [6.45, 7) is 2.25. The Hall–Kier alpha value is -3.45. The third-order valence-electron chi connectivity index (χ3n) is 8.11. The zero-order valence-corrected chi connectivity index (χ0v) is 21.0. The van der Waals surface area contributed by atoms with Gasteiger partial charge in [-0.25, -0.2) is 8.78 Å². The number of nitrogens with zero attached hydrogens (tertiary/aromatic N) is 2. The molecule has 1 amide bonds. The Morgan fingerprint density at radius 2 is 1.65 bits per heavy atom. The van der Waals surface area contributed by atoms with E-state index in [1.165, 1.54) is 24.3 Å². The van der Waals surface area contributed by atoms with Gasteiger partial charge in [-0.3, -0.25) is 14.6 Å². The third-order valence-corrected chi connectivity index (χ3v) is 8.11. The number of nitrogens with one attached hydrogen (secondary N) is 1. The maximum Gasteiger partial charge on any atom is 0.235 e. The highest BCUT2D eigenvalue weighted by atomic mass is 19.1. The van der Waals surface area contributed by atoms with Crippen LogP contribution in [0.2, 0.25) is 0 Å². The van der Waals surface area contributed by atoms with Crippen molar-refractivity contribution >= 4 is 11.7 Å². The quantitative estimate of drug-likeness (QED) is 0.352. The van der Waals surface area contributed by atoms with Gasteiger partial charge in [0.05, 0.1) is 25.7 Å². The van der Waals surface area contributed by atoms with Crippen LogP contribution in [0.15, 0.2) is 72.9 Å². The zero-order valence-electron chi connectivity index (χ0n) is 21.0. The summed E-state index contributed by atoms with van der Waals surface area (Å²) in [7, 11) is 2.12. The second-order valence-electron chi connectivity index (χ2n) is 10.9. The van der Waals surface area contributed by atoms with Gasteiger partial charge in [0.25, 0.3) is 0 Å². The molecule has 1 aromatic heterocycles. The fraction of sp³-hybridized carbons (Fsp3) is 0.367. The van der Waals surface area contributed by atoms with E-state index in [-0.39, 0.29) is 29.2 Å². The molecule has 0 radical (unpaired) electrons. The molecule has 2 aliphatic rings. The van der Waals surface area contributed by atoms with E-state index in [0.717, 1.165) is 43.5 Å². The summed E-state index contributed by atoms with van der Waals surface area (Å²) in [5, 5.41) is 3.19. The minimum absolute atomic E-state index is 0.0331. The molecule has 2 aromatic carbocycles. The van der Waals surface area contributed by atoms with Crippen LogP contribution in [0.25, 0.3) is 0 Å². The summed E-state index contributed by atoms with van der Waals surface area (Å²) in [5.74, 6) is -0.437. The van der Waals surface area contributed by atoms with Crippen molar-refractivity contribution in [1.82, 2.24) is 10.3 Å². The molecule has 5 nitrogen and oxygen atoms in total. The standard InChI is InChI=1S/C30H31F2N3O2/c1-35(20-28(36)27-4-2-3-16-33-27)17-15-21(19-35)5-6-22-18-30(34-29(22)37,23-7-11-25(31)12-8-23)24-9-13-26(32)14-10-24/h2-4,7-14,16,21-22H,5-6,15,17-20H2,1H3/p+1/t21-,22?,35?/m1/s1. The Morgan fingerprint density at radius 1 is 1.00 bits per heavy atom. The number of likely N-dealkylation sites (tertiary alicyclic amines) is 1. The monoisotopic (exact) mass is 504 g/mol. The molecule has 3 heterocycles. The number of quaternary nitrogens is 1. The third kappa shape index (κ3) is 5.32. The smallest absolute Gasteiger partial charge is 0.235 e. The van der Waals surface area contributed by atoms with Gasteiger partial charge in [0.2, 0.25) is 11.7 Å². The van der Waals surface area contributed by atoms with Crippen LogP contribution in [-0.2, 0) is 10.3 Å². The maximum atomic E-state index is 13.7. The molecule has 2 aliphatic heterocycles. The van der Waals surface area contributed by atoms with E-state index >= 15 is 0 Å². The Balaban J connectivity index is 1.26. The van der Waals surface area contributed by atoms with E-state index in [0.29, 0.717) is 29.1 Å². The molecule has 0 aliphatic carbocycles. The average Bonchev–Trinajstić information content (AvgIpc) is 3.44. The zero-order chi connectivity index (χ0) is 26.0. The molecular weight excluding hydrogens is 472 g/mol. The van der Waals surface area contributed by atoms with Crippen LogP contribution in [0, 0.1) is 23.5 Å². The molecule has 0 bridgehead atoms. The summed E-state index contributed by atoms with van der Waals surface area (Å²) in [6.07, 6.45) is 4.81. The predicted molar refractivity (Wildman–Crippen MR) is 137 cm³/mol. The van der Waals surface area contributed by atoms with Crippen molar-refractivity contribution in [3.8, 4) is 0 Å². The van der Waals surface area contributed by atoms with Gasteiger partial charge in [0, 0.05) is 24.5 Å². The van der Waals surface area contributed by atoms with E-state index in [1.54, 1.807) is 42.6 Å². The van der Waals surface area contributed by atoms with E-state index in [9.17, 15) is 18.4 Å². The van der Waals surface area contributed by atoms with Crippen molar-refractivity contribution in [2.75, 3.05) is 26.7 Å². The number of pyridine rings is 1. The number of carbonyl (C=O) groups excluding carboxylic acids is 2. The number of likely N-dealkylation sites (N-methyl/N-ethyl adjacent to an activating group) is 1. The summed E-state index contributed by atoms with van der Waals surface area (Å²) < 4.78 is 28.0. The van der Waals surface area contributed by atoms with E-state index in [4.69, 9.17) is 0 Å². The molecule has 192 valence electrons. The lowest BCUT2D eigenvalue weighted by Gasteiger charge is -2.31. The van der Waals surface area contributed by atoms with E-state index in [1.807, 2.05) is 6.07 Å². The average molecular weight is 505 g/mol. The van der Waals surface area contributed by atoms with Gasteiger partial charge in [0.15, 0.2) is 0 Å². The van der Waals surface area contributed by atoms with Gasteiger partial charge < -0.3 is 9.80 Å². The van der Waals surface area contributed by atoms with Gasteiger partial charge >= 0.3 is 0 Å². The summed E-state index contributed by atoms with van der Waals surface area (Å²) in [4.78, 5) is 30.1. The van der Waals surface area contributed by atoms with Crippen LogP contribution in [0.3, 0.4) is 0 Å². The van der Waals surface area contributed by atoms with Gasteiger partial charge in [-0.2, -0.15) is 0 Å². The highest BCUT2D eigenvalue weighted by Gasteiger charge is 2.47. The minimum atomic E-state index is -0.821. The largest absolute Gasteiger partial charge is 0.342 e. The lowest BCUT2D eigenvalue weighted by molar-refractivity contribution is -0.890.